The lowest BCUT2D eigenvalue weighted by molar-refractivity contribution is -0.134. The first-order valence-electron chi connectivity index (χ1n) is 9.61. The molecule has 8 heteroatoms. The third-order valence-electron chi connectivity index (χ3n) is 5.13. The molecule has 2 heterocycles. The zero-order valence-electron chi connectivity index (χ0n) is 17.0. The summed E-state index contributed by atoms with van der Waals surface area (Å²) in [4.78, 5) is 51.4. The number of fused-ring (bicyclic) bond motifs is 1. The molecular formula is C23H20N4O4. The molecule has 156 valence electrons. The Balaban J connectivity index is 1.69. The molecule has 0 radical (unpaired) electrons. The number of para-hydroxylation sites is 2. The van der Waals surface area contributed by atoms with Crippen molar-refractivity contribution in [2.24, 2.45) is 0 Å². The Morgan fingerprint density at radius 1 is 0.903 bits per heavy atom. The standard InChI is InChI=1S/C23H20N4O4/c1-25-21(29)18(22(30)26(2)23(25)31)12-15-13-27(19-11-7-6-10-17(15)19)14-20(28)24-16-8-4-3-5-9-16/h3-13H,14H2,1-2H3,(H,24,28). The van der Waals surface area contributed by atoms with E-state index in [0.29, 0.717) is 11.3 Å². The van der Waals surface area contributed by atoms with Gasteiger partial charge < -0.3 is 9.88 Å². The number of imide groups is 2. The quantitative estimate of drug-likeness (QED) is 0.523. The van der Waals surface area contributed by atoms with Crippen LogP contribution in [0.1, 0.15) is 5.56 Å². The Kier molecular flexibility index (Phi) is 5.12. The molecule has 0 spiro atoms. The van der Waals surface area contributed by atoms with Gasteiger partial charge in [0.05, 0.1) is 0 Å². The third-order valence-corrected chi connectivity index (χ3v) is 5.13. The van der Waals surface area contributed by atoms with Crippen molar-refractivity contribution in [2.45, 2.75) is 6.54 Å². The molecule has 0 unspecified atom stereocenters. The molecule has 1 aliphatic heterocycles. The first-order valence-corrected chi connectivity index (χ1v) is 9.61. The molecule has 3 aromatic rings. The van der Waals surface area contributed by atoms with E-state index in [9.17, 15) is 19.2 Å². The molecule has 0 atom stereocenters. The lowest BCUT2D eigenvalue weighted by Gasteiger charge is -2.28. The Morgan fingerprint density at radius 3 is 2.19 bits per heavy atom. The molecule has 2 aromatic carbocycles. The molecule has 1 fully saturated rings. The van der Waals surface area contributed by atoms with Gasteiger partial charge in [-0.15, -0.1) is 0 Å². The van der Waals surface area contributed by atoms with Crippen LogP contribution < -0.4 is 5.32 Å². The molecule has 1 N–H and O–H groups in total. The van der Waals surface area contributed by atoms with Gasteiger partial charge in [0.2, 0.25) is 5.91 Å². The molecule has 1 aliphatic rings. The van der Waals surface area contributed by atoms with Crippen molar-refractivity contribution in [1.29, 1.82) is 0 Å². The molecule has 4 rings (SSSR count). The van der Waals surface area contributed by atoms with E-state index in [0.717, 1.165) is 20.7 Å². The van der Waals surface area contributed by atoms with Gasteiger partial charge in [-0.3, -0.25) is 24.2 Å². The van der Waals surface area contributed by atoms with Gasteiger partial charge in [0.1, 0.15) is 12.1 Å². The lowest BCUT2D eigenvalue weighted by Crippen LogP contribution is -2.52. The molecule has 0 bridgehead atoms. The van der Waals surface area contributed by atoms with E-state index in [2.05, 4.69) is 5.32 Å². The van der Waals surface area contributed by atoms with Crippen LogP contribution in [0.5, 0.6) is 0 Å². The number of carbonyl (C=O) groups is 4. The van der Waals surface area contributed by atoms with Crippen LogP contribution in [0.15, 0.2) is 66.4 Å². The van der Waals surface area contributed by atoms with Crippen molar-refractivity contribution in [3.05, 3.63) is 71.9 Å². The fourth-order valence-corrected chi connectivity index (χ4v) is 3.53. The van der Waals surface area contributed by atoms with Crippen LogP contribution in [0.25, 0.3) is 17.0 Å². The predicted molar refractivity (Wildman–Crippen MR) is 116 cm³/mol. The number of carbonyl (C=O) groups excluding carboxylic acids is 4. The molecular weight excluding hydrogens is 396 g/mol. The second-order valence-electron chi connectivity index (χ2n) is 7.21. The minimum Gasteiger partial charge on any atom is -0.337 e. The Morgan fingerprint density at radius 2 is 1.52 bits per heavy atom. The minimum atomic E-state index is -0.674. The number of barbiturate groups is 1. The summed E-state index contributed by atoms with van der Waals surface area (Å²) in [5.41, 5.74) is 1.98. The van der Waals surface area contributed by atoms with Gasteiger partial charge in [-0.1, -0.05) is 36.4 Å². The van der Waals surface area contributed by atoms with E-state index in [1.54, 1.807) is 22.9 Å². The molecule has 1 saturated heterocycles. The first-order chi connectivity index (χ1) is 14.9. The number of aromatic nitrogens is 1. The smallest absolute Gasteiger partial charge is 0.333 e. The number of anilines is 1. The van der Waals surface area contributed by atoms with E-state index in [-0.39, 0.29) is 18.0 Å². The summed E-state index contributed by atoms with van der Waals surface area (Å²) < 4.78 is 1.76. The van der Waals surface area contributed by atoms with Crippen molar-refractivity contribution >= 4 is 46.4 Å². The molecule has 5 amide bonds. The highest BCUT2D eigenvalue weighted by atomic mass is 16.2. The maximum Gasteiger partial charge on any atom is 0.333 e. The number of hydrogen-bond donors (Lipinski definition) is 1. The third kappa shape index (κ3) is 3.71. The first kappa shape index (κ1) is 20.1. The summed E-state index contributed by atoms with van der Waals surface area (Å²) in [7, 11) is 2.66. The van der Waals surface area contributed by atoms with E-state index in [4.69, 9.17) is 0 Å². The zero-order valence-corrected chi connectivity index (χ0v) is 17.0. The molecule has 0 aliphatic carbocycles. The van der Waals surface area contributed by atoms with Gasteiger partial charge in [-0.25, -0.2) is 4.79 Å². The fourth-order valence-electron chi connectivity index (χ4n) is 3.53. The van der Waals surface area contributed by atoms with Gasteiger partial charge >= 0.3 is 6.03 Å². The molecule has 0 saturated carbocycles. The van der Waals surface area contributed by atoms with Gasteiger partial charge in [0.15, 0.2) is 0 Å². The maximum absolute atomic E-state index is 12.5. The largest absolute Gasteiger partial charge is 0.337 e. The highest BCUT2D eigenvalue weighted by Gasteiger charge is 2.37. The Hall–Kier alpha value is -4.20. The van der Waals surface area contributed by atoms with E-state index in [1.807, 2.05) is 42.5 Å². The van der Waals surface area contributed by atoms with E-state index >= 15 is 0 Å². The van der Waals surface area contributed by atoms with Crippen molar-refractivity contribution < 1.29 is 19.2 Å². The van der Waals surface area contributed by atoms with Crippen molar-refractivity contribution in [1.82, 2.24) is 14.4 Å². The number of nitrogens with one attached hydrogen (secondary N) is 1. The Labute approximate surface area is 178 Å². The van der Waals surface area contributed by atoms with Crippen molar-refractivity contribution in [3.63, 3.8) is 0 Å². The van der Waals surface area contributed by atoms with Gasteiger partial charge in [-0.2, -0.15) is 0 Å². The van der Waals surface area contributed by atoms with Gasteiger partial charge in [0, 0.05) is 42.4 Å². The van der Waals surface area contributed by atoms with E-state index < -0.39 is 17.8 Å². The SMILES string of the molecule is CN1C(=O)C(=Cc2cn(CC(=O)Nc3ccccc3)c3ccccc23)C(=O)N(C)C1=O. The predicted octanol–water partition coefficient (Wildman–Crippen LogP) is 2.71. The van der Waals surface area contributed by atoms with E-state index in [1.165, 1.54) is 20.2 Å². The second kappa shape index (κ2) is 7.91. The van der Waals surface area contributed by atoms with Crippen LogP contribution >= 0.6 is 0 Å². The monoisotopic (exact) mass is 416 g/mol. The summed E-state index contributed by atoms with van der Waals surface area (Å²) in [6, 6.07) is 15.9. The number of rotatable bonds is 4. The number of likely N-dealkylation sites (N-methyl/N-ethyl adjacent to an activating group) is 2. The summed E-state index contributed by atoms with van der Waals surface area (Å²) >= 11 is 0. The average molecular weight is 416 g/mol. The van der Waals surface area contributed by atoms with Crippen molar-refractivity contribution in [3.8, 4) is 0 Å². The second-order valence-corrected chi connectivity index (χ2v) is 7.21. The highest BCUT2D eigenvalue weighted by Crippen LogP contribution is 2.26. The average Bonchev–Trinajstić information content (AvgIpc) is 3.12. The number of amides is 5. The summed E-state index contributed by atoms with van der Waals surface area (Å²) in [6.45, 7) is 0.0543. The van der Waals surface area contributed by atoms with Crippen LogP contribution in [-0.2, 0) is 20.9 Å². The zero-order chi connectivity index (χ0) is 22.1. The number of benzene rings is 2. The number of hydrogen-bond acceptors (Lipinski definition) is 4. The Bertz CT molecular complexity index is 1220. The lowest BCUT2D eigenvalue weighted by atomic mass is 10.1. The van der Waals surface area contributed by atoms with Crippen LogP contribution in [0.2, 0.25) is 0 Å². The summed E-state index contributed by atoms with van der Waals surface area (Å²) in [6.07, 6.45) is 3.19. The van der Waals surface area contributed by atoms with Crippen molar-refractivity contribution in [2.75, 3.05) is 19.4 Å². The summed E-state index contributed by atoms with van der Waals surface area (Å²) in [5, 5.41) is 3.62. The van der Waals surface area contributed by atoms with Crippen LogP contribution in [0.4, 0.5) is 10.5 Å². The topological polar surface area (TPSA) is 91.7 Å². The van der Waals surface area contributed by atoms with Crippen LogP contribution in [0, 0.1) is 0 Å². The fraction of sp³-hybridized carbons (Fsp3) is 0.130. The maximum atomic E-state index is 12.5. The minimum absolute atomic E-state index is 0.0543. The van der Waals surface area contributed by atoms with Crippen LogP contribution in [-0.4, -0.2) is 52.2 Å². The molecule has 1 aromatic heterocycles. The van der Waals surface area contributed by atoms with Gasteiger partial charge in [0.25, 0.3) is 11.8 Å². The van der Waals surface area contributed by atoms with Crippen LogP contribution in [0.3, 0.4) is 0 Å². The number of urea groups is 1. The normalized spacial score (nSPS) is 14.4. The van der Waals surface area contributed by atoms with Gasteiger partial charge in [-0.05, 0) is 24.3 Å². The highest BCUT2D eigenvalue weighted by molar-refractivity contribution is 6.31. The molecule has 8 nitrogen and oxygen atoms in total. The summed E-state index contributed by atoms with van der Waals surface area (Å²) in [5.74, 6) is -1.53. The number of nitrogens with zero attached hydrogens (tertiary/aromatic N) is 3. The molecule has 31 heavy (non-hydrogen) atoms.